The van der Waals surface area contributed by atoms with Gasteiger partial charge in [0.1, 0.15) is 0 Å². The van der Waals surface area contributed by atoms with Crippen LogP contribution in [0.1, 0.15) is 18.9 Å². The van der Waals surface area contributed by atoms with Crippen LogP contribution in [0.5, 0.6) is 0 Å². The molecule has 2 aliphatic rings. The molecule has 1 N–H and O–H groups in total. The standard InChI is InChI=1S/C15H21N3O/c1-12(19)18-9-3-5-13-4-2-6-14(15(13)18)17-10-7-16-8-11-17/h2,4,6,16H,3,5,7-11H2,1H3. The number of anilines is 2. The molecule has 102 valence electrons. The number of para-hydroxylation sites is 1. The molecule has 0 atom stereocenters. The summed E-state index contributed by atoms with van der Waals surface area (Å²) < 4.78 is 0. The molecule has 0 radical (unpaired) electrons. The quantitative estimate of drug-likeness (QED) is 0.828. The first-order valence-electron chi connectivity index (χ1n) is 7.13. The second-order valence-electron chi connectivity index (χ2n) is 5.30. The van der Waals surface area contributed by atoms with Crippen molar-refractivity contribution in [3.63, 3.8) is 0 Å². The van der Waals surface area contributed by atoms with E-state index in [0.29, 0.717) is 0 Å². The summed E-state index contributed by atoms with van der Waals surface area (Å²) in [4.78, 5) is 16.2. The zero-order chi connectivity index (χ0) is 13.2. The minimum Gasteiger partial charge on any atom is -0.367 e. The Bertz CT molecular complexity index is 480. The van der Waals surface area contributed by atoms with Crippen LogP contribution >= 0.6 is 0 Å². The maximum absolute atomic E-state index is 11.9. The maximum atomic E-state index is 11.9. The average Bonchev–Trinajstić information content (AvgIpc) is 2.46. The summed E-state index contributed by atoms with van der Waals surface area (Å²) in [5.74, 6) is 0.156. The van der Waals surface area contributed by atoms with Crippen LogP contribution in [-0.2, 0) is 11.2 Å². The summed E-state index contributed by atoms with van der Waals surface area (Å²) in [5, 5.41) is 3.38. The summed E-state index contributed by atoms with van der Waals surface area (Å²) in [6.45, 7) is 6.59. The molecule has 3 rings (SSSR count). The predicted octanol–water partition coefficient (Wildman–Crippen LogP) is 1.40. The second kappa shape index (κ2) is 5.21. The number of carbonyl (C=O) groups excluding carboxylic acids is 1. The van der Waals surface area contributed by atoms with Crippen molar-refractivity contribution in [3.05, 3.63) is 23.8 Å². The van der Waals surface area contributed by atoms with Gasteiger partial charge in [0.15, 0.2) is 0 Å². The van der Waals surface area contributed by atoms with Crippen LogP contribution in [0.3, 0.4) is 0 Å². The molecule has 4 nitrogen and oxygen atoms in total. The first kappa shape index (κ1) is 12.5. The van der Waals surface area contributed by atoms with Crippen molar-refractivity contribution >= 4 is 17.3 Å². The minimum atomic E-state index is 0.156. The van der Waals surface area contributed by atoms with Crippen LogP contribution in [0.4, 0.5) is 11.4 Å². The molecule has 1 aromatic rings. The van der Waals surface area contributed by atoms with E-state index >= 15 is 0 Å². The Kier molecular flexibility index (Phi) is 3.42. The molecule has 4 heteroatoms. The fourth-order valence-electron chi connectivity index (χ4n) is 3.11. The number of nitrogens with one attached hydrogen (secondary N) is 1. The molecule has 1 aromatic carbocycles. The highest BCUT2D eigenvalue weighted by Crippen LogP contribution is 2.37. The number of rotatable bonds is 1. The van der Waals surface area contributed by atoms with Crippen molar-refractivity contribution in [1.29, 1.82) is 0 Å². The number of amides is 1. The number of piperazine rings is 1. The monoisotopic (exact) mass is 259 g/mol. The van der Waals surface area contributed by atoms with Gasteiger partial charge in [-0.15, -0.1) is 0 Å². The van der Waals surface area contributed by atoms with Crippen LogP contribution in [0, 0.1) is 0 Å². The lowest BCUT2D eigenvalue weighted by atomic mass is 9.99. The van der Waals surface area contributed by atoms with Crippen molar-refractivity contribution in [3.8, 4) is 0 Å². The number of carbonyl (C=O) groups is 1. The highest BCUT2D eigenvalue weighted by Gasteiger charge is 2.25. The molecule has 0 saturated carbocycles. The summed E-state index contributed by atoms with van der Waals surface area (Å²) >= 11 is 0. The van der Waals surface area contributed by atoms with Gasteiger partial charge in [-0.3, -0.25) is 4.79 Å². The van der Waals surface area contributed by atoms with E-state index in [1.807, 2.05) is 4.90 Å². The van der Waals surface area contributed by atoms with Crippen molar-refractivity contribution < 1.29 is 4.79 Å². The summed E-state index contributed by atoms with van der Waals surface area (Å²) in [6.07, 6.45) is 2.15. The normalized spacial score (nSPS) is 19.2. The fraction of sp³-hybridized carbons (Fsp3) is 0.533. The summed E-state index contributed by atoms with van der Waals surface area (Å²) in [7, 11) is 0. The summed E-state index contributed by atoms with van der Waals surface area (Å²) in [5.41, 5.74) is 3.70. The van der Waals surface area contributed by atoms with Crippen LogP contribution in [-0.4, -0.2) is 38.6 Å². The van der Waals surface area contributed by atoms with Crippen LogP contribution in [0.2, 0.25) is 0 Å². The fourth-order valence-corrected chi connectivity index (χ4v) is 3.11. The Morgan fingerprint density at radius 3 is 2.74 bits per heavy atom. The van der Waals surface area contributed by atoms with Gasteiger partial charge in [-0.25, -0.2) is 0 Å². The lowest BCUT2D eigenvalue weighted by Crippen LogP contribution is -2.45. The van der Waals surface area contributed by atoms with E-state index < -0.39 is 0 Å². The van der Waals surface area contributed by atoms with Crippen LogP contribution in [0.25, 0.3) is 0 Å². The third-order valence-corrected chi connectivity index (χ3v) is 4.03. The number of aryl methyl sites for hydroxylation is 1. The number of hydrogen-bond donors (Lipinski definition) is 1. The highest BCUT2D eigenvalue weighted by atomic mass is 16.2. The predicted molar refractivity (Wildman–Crippen MR) is 77.9 cm³/mol. The molecule has 2 heterocycles. The van der Waals surface area contributed by atoms with E-state index in [0.717, 1.165) is 51.3 Å². The Morgan fingerprint density at radius 2 is 2.00 bits per heavy atom. The van der Waals surface area contributed by atoms with Gasteiger partial charge in [0.2, 0.25) is 5.91 Å². The minimum absolute atomic E-state index is 0.156. The van der Waals surface area contributed by atoms with Gasteiger partial charge < -0.3 is 15.1 Å². The Labute approximate surface area is 114 Å². The smallest absolute Gasteiger partial charge is 0.223 e. The Morgan fingerprint density at radius 1 is 1.21 bits per heavy atom. The first-order chi connectivity index (χ1) is 9.27. The van der Waals surface area contributed by atoms with Crippen LogP contribution < -0.4 is 15.1 Å². The first-order valence-corrected chi connectivity index (χ1v) is 7.13. The molecule has 1 saturated heterocycles. The number of fused-ring (bicyclic) bond motifs is 1. The molecule has 0 spiro atoms. The largest absolute Gasteiger partial charge is 0.367 e. The van der Waals surface area contributed by atoms with Crippen molar-refractivity contribution in [1.82, 2.24) is 5.32 Å². The van der Waals surface area contributed by atoms with E-state index in [2.05, 4.69) is 28.4 Å². The number of hydrogen-bond acceptors (Lipinski definition) is 3. The second-order valence-corrected chi connectivity index (χ2v) is 5.30. The molecular weight excluding hydrogens is 238 g/mol. The third kappa shape index (κ3) is 2.32. The molecule has 0 unspecified atom stereocenters. The SMILES string of the molecule is CC(=O)N1CCCc2cccc(N3CCNCC3)c21. The van der Waals surface area contributed by atoms with Gasteiger partial charge in [-0.1, -0.05) is 12.1 Å². The van der Waals surface area contributed by atoms with Gasteiger partial charge in [0, 0.05) is 39.6 Å². The molecule has 19 heavy (non-hydrogen) atoms. The molecule has 0 aliphatic carbocycles. The van der Waals surface area contributed by atoms with E-state index in [1.54, 1.807) is 6.92 Å². The van der Waals surface area contributed by atoms with Gasteiger partial charge in [-0.2, -0.15) is 0 Å². The van der Waals surface area contributed by atoms with Crippen molar-refractivity contribution in [2.45, 2.75) is 19.8 Å². The molecular formula is C15H21N3O. The molecule has 1 amide bonds. The van der Waals surface area contributed by atoms with Crippen molar-refractivity contribution in [2.24, 2.45) is 0 Å². The Balaban J connectivity index is 2.02. The Hall–Kier alpha value is -1.55. The number of benzene rings is 1. The molecule has 0 aromatic heterocycles. The van der Waals surface area contributed by atoms with Crippen molar-refractivity contribution in [2.75, 3.05) is 42.5 Å². The summed E-state index contributed by atoms with van der Waals surface area (Å²) in [6, 6.07) is 6.45. The van der Waals surface area contributed by atoms with Gasteiger partial charge in [-0.05, 0) is 24.5 Å². The zero-order valence-corrected chi connectivity index (χ0v) is 11.5. The van der Waals surface area contributed by atoms with Gasteiger partial charge in [0.05, 0.1) is 11.4 Å². The average molecular weight is 259 g/mol. The topological polar surface area (TPSA) is 35.6 Å². The highest BCUT2D eigenvalue weighted by molar-refractivity contribution is 5.97. The van der Waals surface area contributed by atoms with E-state index in [-0.39, 0.29) is 5.91 Å². The van der Waals surface area contributed by atoms with Gasteiger partial charge in [0.25, 0.3) is 0 Å². The van der Waals surface area contributed by atoms with E-state index in [9.17, 15) is 4.79 Å². The third-order valence-electron chi connectivity index (χ3n) is 4.03. The van der Waals surface area contributed by atoms with E-state index in [4.69, 9.17) is 0 Å². The lowest BCUT2D eigenvalue weighted by molar-refractivity contribution is -0.116. The van der Waals surface area contributed by atoms with Crippen LogP contribution in [0.15, 0.2) is 18.2 Å². The molecule has 0 bridgehead atoms. The lowest BCUT2D eigenvalue weighted by Gasteiger charge is -2.37. The number of nitrogens with zero attached hydrogens (tertiary/aromatic N) is 2. The van der Waals surface area contributed by atoms with E-state index in [1.165, 1.54) is 11.3 Å². The maximum Gasteiger partial charge on any atom is 0.223 e. The molecule has 2 aliphatic heterocycles. The molecule has 1 fully saturated rings. The van der Waals surface area contributed by atoms with Gasteiger partial charge >= 0.3 is 0 Å². The zero-order valence-electron chi connectivity index (χ0n) is 11.5.